The number of carbonyl (C=O) groups is 2. The van der Waals surface area contributed by atoms with Crippen LogP contribution in [0, 0.1) is 5.92 Å². The summed E-state index contributed by atoms with van der Waals surface area (Å²) in [4.78, 5) is 29.0. The Balaban J connectivity index is 1.80. The van der Waals surface area contributed by atoms with Crippen LogP contribution in [0.2, 0.25) is 0 Å². The number of alkyl carbamates (subject to hydrolysis) is 1. The van der Waals surface area contributed by atoms with Gasteiger partial charge in [-0.1, -0.05) is 0 Å². The number of hydrogen-bond donors (Lipinski definition) is 2. The Labute approximate surface area is 211 Å². The van der Waals surface area contributed by atoms with E-state index in [0.29, 0.717) is 16.9 Å². The van der Waals surface area contributed by atoms with Gasteiger partial charge in [-0.05, 0) is 58.1 Å². The van der Waals surface area contributed by atoms with Crippen molar-refractivity contribution in [2.45, 2.75) is 96.0 Å². The number of alkyl halides is 5. The molecule has 37 heavy (non-hydrogen) atoms. The molecule has 2 aromatic heterocycles. The van der Waals surface area contributed by atoms with Gasteiger partial charge in [-0.15, -0.1) is 0 Å². The SMILES string of the molecule is C[C@@H](NC(=O)CCC(F)(F)F)c1cnn2cc(C(NC(=O)OC(C)(C)C)C3CCC(F)(F)CC3)nc2c1. The van der Waals surface area contributed by atoms with Gasteiger partial charge in [0, 0.05) is 19.3 Å². The largest absolute Gasteiger partial charge is 0.444 e. The molecule has 8 nitrogen and oxygen atoms in total. The van der Waals surface area contributed by atoms with Gasteiger partial charge in [-0.3, -0.25) is 4.79 Å². The number of nitrogens with zero attached hydrogens (tertiary/aromatic N) is 3. The topological polar surface area (TPSA) is 97.6 Å². The monoisotopic (exact) mass is 533 g/mol. The molecule has 0 spiro atoms. The molecule has 0 radical (unpaired) electrons. The van der Waals surface area contributed by atoms with Gasteiger partial charge in [0.2, 0.25) is 11.8 Å². The average Bonchev–Trinajstić information content (AvgIpc) is 3.18. The highest BCUT2D eigenvalue weighted by Gasteiger charge is 2.39. The molecule has 1 fully saturated rings. The van der Waals surface area contributed by atoms with Crippen LogP contribution in [-0.4, -0.2) is 44.3 Å². The van der Waals surface area contributed by atoms with Crippen LogP contribution in [0.5, 0.6) is 0 Å². The maximum Gasteiger partial charge on any atom is 0.408 e. The van der Waals surface area contributed by atoms with Gasteiger partial charge >= 0.3 is 12.3 Å². The summed E-state index contributed by atoms with van der Waals surface area (Å²) in [5, 5.41) is 9.55. The number of fused-ring (bicyclic) bond motifs is 1. The summed E-state index contributed by atoms with van der Waals surface area (Å²) in [7, 11) is 0. The summed E-state index contributed by atoms with van der Waals surface area (Å²) in [6, 6.07) is 0.287. The van der Waals surface area contributed by atoms with Crippen molar-refractivity contribution in [3.63, 3.8) is 0 Å². The third-order valence-electron chi connectivity index (χ3n) is 6.10. The van der Waals surface area contributed by atoms with E-state index in [9.17, 15) is 31.5 Å². The minimum absolute atomic E-state index is 0.182. The van der Waals surface area contributed by atoms with Gasteiger partial charge in [-0.25, -0.2) is 23.1 Å². The van der Waals surface area contributed by atoms with E-state index in [1.807, 2.05) is 0 Å². The maximum atomic E-state index is 13.8. The van der Waals surface area contributed by atoms with E-state index in [1.54, 1.807) is 40.0 Å². The molecule has 206 valence electrons. The summed E-state index contributed by atoms with van der Waals surface area (Å²) in [5.41, 5.74) is 0.525. The molecule has 0 saturated heterocycles. The molecule has 2 amide bonds. The fourth-order valence-electron chi connectivity index (χ4n) is 4.21. The smallest absolute Gasteiger partial charge is 0.408 e. The number of imidazole rings is 1. The number of halogens is 5. The zero-order valence-corrected chi connectivity index (χ0v) is 21.2. The molecule has 0 aliphatic heterocycles. The zero-order valence-electron chi connectivity index (χ0n) is 21.2. The average molecular weight is 534 g/mol. The lowest BCUT2D eigenvalue weighted by molar-refractivity contribution is -0.144. The molecule has 0 bridgehead atoms. The van der Waals surface area contributed by atoms with Crippen LogP contribution in [0.15, 0.2) is 18.5 Å². The van der Waals surface area contributed by atoms with Crippen molar-refractivity contribution in [2.24, 2.45) is 5.92 Å². The molecular weight excluding hydrogens is 501 g/mol. The second-order valence-electron chi connectivity index (χ2n) is 10.5. The molecule has 1 saturated carbocycles. The van der Waals surface area contributed by atoms with Crippen LogP contribution < -0.4 is 10.6 Å². The van der Waals surface area contributed by atoms with Gasteiger partial charge < -0.3 is 15.4 Å². The third kappa shape index (κ3) is 8.53. The summed E-state index contributed by atoms with van der Waals surface area (Å²) in [5.74, 6) is -3.80. The Bertz CT molecular complexity index is 1100. The van der Waals surface area contributed by atoms with Crippen molar-refractivity contribution in [3.05, 3.63) is 29.7 Å². The summed E-state index contributed by atoms with van der Waals surface area (Å²) >= 11 is 0. The minimum atomic E-state index is -4.43. The van der Waals surface area contributed by atoms with Gasteiger partial charge in [-0.2, -0.15) is 18.3 Å². The Kier molecular flexibility index (Phi) is 8.33. The third-order valence-corrected chi connectivity index (χ3v) is 6.10. The van der Waals surface area contributed by atoms with Crippen molar-refractivity contribution >= 4 is 17.6 Å². The quantitative estimate of drug-likeness (QED) is 0.449. The lowest BCUT2D eigenvalue weighted by atomic mass is 9.81. The Hall–Kier alpha value is -2.99. The first-order chi connectivity index (χ1) is 17.0. The van der Waals surface area contributed by atoms with Gasteiger partial charge in [0.25, 0.3) is 0 Å². The van der Waals surface area contributed by atoms with Crippen LogP contribution >= 0.6 is 0 Å². The molecule has 2 atom stereocenters. The van der Waals surface area contributed by atoms with Crippen LogP contribution in [-0.2, 0) is 9.53 Å². The fourth-order valence-corrected chi connectivity index (χ4v) is 4.21. The number of rotatable bonds is 7. The highest BCUT2D eigenvalue weighted by Crippen LogP contribution is 2.41. The number of amides is 2. The lowest BCUT2D eigenvalue weighted by Gasteiger charge is -2.33. The summed E-state index contributed by atoms with van der Waals surface area (Å²) < 4.78 is 71.5. The number of aromatic nitrogens is 3. The fraction of sp³-hybridized carbons (Fsp3) is 0.667. The number of carbonyl (C=O) groups excluding carboxylic acids is 2. The van der Waals surface area contributed by atoms with Crippen molar-refractivity contribution in [1.29, 1.82) is 0 Å². The first kappa shape index (κ1) is 28.6. The van der Waals surface area contributed by atoms with E-state index < -0.39 is 54.6 Å². The van der Waals surface area contributed by atoms with E-state index in [-0.39, 0.29) is 31.6 Å². The summed E-state index contributed by atoms with van der Waals surface area (Å²) in [6.07, 6.45) is -4.23. The highest BCUT2D eigenvalue weighted by atomic mass is 19.4. The van der Waals surface area contributed by atoms with Gasteiger partial charge in [0.1, 0.15) is 5.60 Å². The van der Waals surface area contributed by atoms with Crippen LogP contribution in [0.3, 0.4) is 0 Å². The van der Waals surface area contributed by atoms with E-state index in [4.69, 9.17) is 4.74 Å². The standard InChI is InChI=1S/C24H32F5N5O3/c1-14(31-19(35)7-10-24(27,28)29)16-11-18-32-17(13-34(18)30-12-16)20(33-21(36)37-22(2,3)4)15-5-8-23(25,26)9-6-15/h11-15,20H,5-10H2,1-4H3,(H,31,35)(H,33,36)/t14-,20?/m1/s1. The predicted molar refractivity (Wildman–Crippen MR) is 124 cm³/mol. The molecule has 1 unspecified atom stereocenters. The van der Waals surface area contributed by atoms with E-state index in [2.05, 4.69) is 20.7 Å². The molecule has 2 N–H and O–H groups in total. The molecule has 0 aromatic carbocycles. The van der Waals surface area contributed by atoms with Gasteiger partial charge in [0.15, 0.2) is 5.65 Å². The minimum Gasteiger partial charge on any atom is -0.444 e. The maximum absolute atomic E-state index is 13.8. The van der Waals surface area contributed by atoms with Crippen LogP contribution in [0.4, 0.5) is 26.7 Å². The second kappa shape index (κ2) is 10.8. The molecule has 1 aliphatic rings. The zero-order chi connectivity index (χ0) is 27.6. The predicted octanol–water partition coefficient (Wildman–Crippen LogP) is 5.64. The highest BCUT2D eigenvalue weighted by molar-refractivity contribution is 5.76. The molecular formula is C24H32F5N5O3. The first-order valence-corrected chi connectivity index (χ1v) is 12.1. The number of ether oxygens (including phenoxy) is 1. The summed E-state index contributed by atoms with van der Waals surface area (Å²) in [6.45, 7) is 6.74. The Morgan fingerprint density at radius 1 is 1.19 bits per heavy atom. The van der Waals surface area contributed by atoms with Crippen molar-refractivity contribution in [2.75, 3.05) is 0 Å². The molecule has 2 heterocycles. The van der Waals surface area contributed by atoms with Crippen LogP contribution in [0.1, 0.15) is 89.6 Å². The lowest BCUT2D eigenvalue weighted by Crippen LogP contribution is -2.40. The second-order valence-corrected chi connectivity index (χ2v) is 10.5. The first-order valence-electron chi connectivity index (χ1n) is 12.1. The molecule has 3 rings (SSSR count). The van der Waals surface area contributed by atoms with Crippen molar-refractivity contribution in [3.8, 4) is 0 Å². The van der Waals surface area contributed by atoms with E-state index in [0.717, 1.165) is 0 Å². The molecule has 1 aliphatic carbocycles. The number of nitrogens with one attached hydrogen (secondary N) is 2. The molecule has 2 aromatic rings. The van der Waals surface area contributed by atoms with Gasteiger partial charge in [0.05, 0.1) is 36.6 Å². The van der Waals surface area contributed by atoms with Crippen molar-refractivity contribution in [1.82, 2.24) is 25.2 Å². The van der Waals surface area contributed by atoms with Crippen LogP contribution in [0.25, 0.3) is 5.65 Å². The Morgan fingerprint density at radius 3 is 2.43 bits per heavy atom. The normalized spacial score (nSPS) is 18.3. The molecule has 13 heteroatoms. The Morgan fingerprint density at radius 2 is 1.84 bits per heavy atom. The van der Waals surface area contributed by atoms with E-state index >= 15 is 0 Å². The van der Waals surface area contributed by atoms with E-state index in [1.165, 1.54) is 10.7 Å². The van der Waals surface area contributed by atoms with Crippen molar-refractivity contribution < 1.29 is 36.3 Å². The number of hydrogen-bond acceptors (Lipinski definition) is 5.